The third-order valence-electron chi connectivity index (χ3n) is 9.27. The number of benzene rings is 3. The van der Waals surface area contributed by atoms with Gasteiger partial charge in [-0.25, -0.2) is 13.6 Å². The molecule has 0 radical (unpaired) electrons. The number of carbonyl (C=O) groups is 4. The van der Waals surface area contributed by atoms with E-state index in [2.05, 4.69) is 16.0 Å². The van der Waals surface area contributed by atoms with Gasteiger partial charge in [0.1, 0.15) is 34.2 Å². The zero-order valence-electron chi connectivity index (χ0n) is 27.4. The number of halogens is 2. The topological polar surface area (TPSA) is 154 Å². The van der Waals surface area contributed by atoms with E-state index in [9.17, 15) is 38.2 Å². The number of rotatable bonds is 16. The van der Waals surface area contributed by atoms with Crippen LogP contribution in [-0.4, -0.2) is 64.1 Å². The standard InChI is InChI=1S/C37H41F2N3O7S/c38-27-13-7-24(8-14-27)31(43)22-50-34-35(46)42-37(34,25-9-15-28(39)16-10-25)26-11-17-29(18-12-26)49-21-33(45)40-20-32(44)41-30(36(47)48)19-6-23-4-2-1-3-5-23/h7-18,23,30-31,34,43H,1-6,19-22H2,(H,40,45)(H,41,44)(H,42,46)(H,47,48)/t30-,31?,34+,37+/m1/s1. The smallest absolute Gasteiger partial charge is 0.326 e. The third-order valence-corrected chi connectivity index (χ3v) is 10.7. The third kappa shape index (κ3) is 9.19. The zero-order valence-corrected chi connectivity index (χ0v) is 28.2. The first-order valence-electron chi connectivity index (χ1n) is 16.7. The number of hydrogen-bond donors (Lipinski definition) is 5. The van der Waals surface area contributed by atoms with Crippen molar-refractivity contribution in [1.82, 2.24) is 16.0 Å². The molecule has 5 rings (SSSR count). The Morgan fingerprint density at radius 1 is 0.900 bits per heavy atom. The second kappa shape index (κ2) is 16.9. The van der Waals surface area contributed by atoms with E-state index < -0.39 is 65.5 Å². The second-order valence-electron chi connectivity index (χ2n) is 12.7. The molecule has 2 aliphatic rings. The number of nitrogens with one attached hydrogen (secondary N) is 3. The molecule has 4 atom stereocenters. The molecule has 1 heterocycles. The fourth-order valence-corrected chi connectivity index (χ4v) is 7.87. The molecule has 5 N–H and O–H groups in total. The molecular weight excluding hydrogens is 668 g/mol. The Balaban J connectivity index is 1.16. The number of amides is 3. The van der Waals surface area contributed by atoms with Crippen molar-refractivity contribution < 1.29 is 42.9 Å². The molecule has 266 valence electrons. The van der Waals surface area contributed by atoms with E-state index in [1.54, 1.807) is 36.4 Å². The van der Waals surface area contributed by atoms with Gasteiger partial charge in [-0.1, -0.05) is 68.5 Å². The van der Waals surface area contributed by atoms with Crippen LogP contribution in [0.1, 0.15) is 67.7 Å². The average Bonchev–Trinajstić information content (AvgIpc) is 3.11. The van der Waals surface area contributed by atoms with Crippen LogP contribution >= 0.6 is 11.8 Å². The van der Waals surface area contributed by atoms with Gasteiger partial charge in [0.05, 0.1) is 12.6 Å². The fraction of sp³-hybridized carbons (Fsp3) is 0.405. The number of aliphatic hydroxyl groups is 1. The first-order valence-corrected chi connectivity index (χ1v) is 17.8. The van der Waals surface area contributed by atoms with Gasteiger partial charge in [-0.3, -0.25) is 14.4 Å². The number of thioether (sulfide) groups is 1. The summed E-state index contributed by atoms with van der Waals surface area (Å²) in [6.45, 7) is -0.806. The lowest BCUT2D eigenvalue weighted by atomic mass is 9.74. The molecule has 50 heavy (non-hydrogen) atoms. The highest BCUT2D eigenvalue weighted by Crippen LogP contribution is 2.46. The Bertz CT molecular complexity index is 1640. The maximum atomic E-state index is 13.9. The van der Waals surface area contributed by atoms with Crippen molar-refractivity contribution >= 4 is 35.5 Å². The summed E-state index contributed by atoms with van der Waals surface area (Å²) in [6, 6.07) is 16.9. The summed E-state index contributed by atoms with van der Waals surface area (Å²) < 4.78 is 32.9. The molecule has 3 amide bonds. The number of hydrogen-bond acceptors (Lipinski definition) is 7. The first-order chi connectivity index (χ1) is 24.0. The monoisotopic (exact) mass is 709 g/mol. The van der Waals surface area contributed by atoms with Crippen molar-refractivity contribution in [2.45, 2.75) is 67.9 Å². The van der Waals surface area contributed by atoms with Gasteiger partial charge in [0.15, 0.2) is 6.61 Å². The minimum absolute atomic E-state index is 0.137. The molecule has 0 spiro atoms. The van der Waals surface area contributed by atoms with Gasteiger partial charge in [-0.05, 0) is 71.8 Å². The summed E-state index contributed by atoms with van der Waals surface area (Å²) in [5, 5.41) is 27.5. The molecular formula is C37H41F2N3O7S. The molecule has 3 aromatic carbocycles. The Kier molecular flexibility index (Phi) is 12.5. The van der Waals surface area contributed by atoms with Gasteiger partial charge < -0.3 is 30.9 Å². The quantitative estimate of drug-likeness (QED) is 0.135. The molecule has 1 unspecified atom stereocenters. The van der Waals surface area contributed by atoms with E-state index in [0.29, 0.717) is 34.8 Å². The highest BCUT2D eigenvalue weighted by atomic mass is 32.2. The summed E-state index contributed by atoms with van der Waals surface area (Å²) in [5.41, 5.74) is 0.720. The predicted octanol–water partition coefficient (Wildman–Crippen LogP) is 4.60. The molecule has 1 aliphatic heterocycles. The van der Waals surface area contributed by atoms with Crippen LogP contribution in [0.5, 0.6) is 5.75 Å². The van der Waals surface area contributed by atoms with Crippen LogP contribution in [0.4, 0.5) is 8.78 Å². The van der Waals surface area contributed by atoms with Gasteiger partial charge in [0.2, 0.25) is 11.8 Å². The van der Waals surface area contributed by atoms with E-state index >= 15 is 0 Å². The van der Waals surface area contributed by atoms with E-state index in [-0.39, 0.29) is 11.7 Å². The molecule has 1 aliphatic carbocycles. The second-order valence-corrected chi connectivity index (χ2v) is 13.9. The Morgan fingerprint density at radius 3 is 2.10 bits per heavy atom. The van der Waals surface area contributed by atoms with Crippen LogP contribution in [0, 0.1) is 17.6 Å². The van der Waals surface area contributed by atoms with Crippen LogP contribution < -0.4 is 20.7 Å². The minimum Gasteiger partial charge on any atom is -0.484 e. The largest absolute Gasteiger partial charge is 0.484 e. The summed E-state index contributed by atoms with van der Waals surface area (Å²) in [6.07, 6.45) is 5.76. The van der Waals surface area contributed by atoms with Crippen molar-refractivity contribution in [1.29, 1.82) is 0 Å². The summed E-state index contributed by atoms with van der Waals surface area (Å²) in [4.78, 5) is 49.5. The van der Waals surface area contributed by atoms with Crippen LogP contribution in [-0.2, 0) is 24.7 Å². The first kappa shape index (κ1) is 36.8. The number of carboxylic acids is 1. The average molecular weight is 710 g/mol. The molecule has 0 bridgehead atoms. The van der Waals surface area contributed by atoms with E-state index in [1.807, 2.05) is 0 Å². The van der Waals surface area contributed by atoms with E-state index in [0.717, 1.165) is 32.1 Å². The lowest BCUT2D eigenvalue weighted by Crippen LogP contribution is -2.69. The number of ether oxygens (including phenoxy) is 1. The molecule has 2 fully saturated rings. The van der Waals surface area contributed by atoms with Crippen molar-refractivity contribution in [2.24, 2.45) is 5.92 Å². The van der Waals surface area contributed by atoms with Gasteiger partial charge in [-0.2, -0.15) is 0 Å². The van der Waals surface area contributed by atoms with Gasteiger partial charge >= 0.3 is 5.97 Å². The molecule has 10 nitrogen and oxygen atoms in total. The highest BCUT2D eigenvalue weighted by Gasteiger charge is 2.56. The van der Waals surface area contributed by atoms with E-state index in [1.165, 1.54) is 54.6 Å². The maximum Gasteiger partial charge on any atom is 0.326 e. The minimum atomic E-state index is -1.11. The van der Waals surface area contributed by atoms with E-state index in [4.69, 9.17) is 4.74 Å². The zero-order chi connectivity index (χ0) is 35.7. The van der Waals surface area contributed by atoms with Gasteiger partial charge in [-0.15, -0.1) is 11.8 Å². The molecule has 1 saturated heterocycles. The Labute approximate surface area is 293 Å². The van der Waals surface area contributed by atoms with Crippen LogP contribution in [0.15, 0.2) is 72.8 Å². The van der Waals surface area contributed by atoms with Gasteiger partial charge in [0, 0.05) is 5.75 Å². The number of carboxylic acid groups (broad SMARTS) is 1. The predicted molar refractivity (Wildman–Crippen MR) is 183 cm³/mol. The van der Waals surface area contributed by atoms with Crippen molar-refractivity contribution in [3.63, 3.8) is 0 Å². The van der Waals surface area contributed by atoms with Crippen LogP contribution in [0.25, 0.3) is 0 Å². The summed E-state index contributed by atoms with van der Waals surface area (Å²) >= 11 is 1.22. The fourth-order valence-electron chi connectivity index (χ4n) is 6.51. The molecule has 3 aromatic rings. The van der Waals surface area contributed by atoms with Crippen molar-refractivity contribution in [2.75, 3.05) is 18.9 Å². The highest BCUT2D eigenvalue weighted by molar-refractivity contribution is 8.00. The van der Waals surface area contributed by atoms with Gasteiger partial charge in [0.25, 0.3) is 5.91 Å². The Morgan fingerprint density at radius 2 is 1.50 bits per heavy atom. The molecule has 1 saturated carbocycles. The maximum absolute atomic E-state index is 13.9. The normalized spacial score (nSPS) is 20.1. The number of carbonyl (C=O) groups excluding carboxylic acids is 3. The van der Waals surface area contributed by atoms with Crippen molar-refractivity contribution in [3.8, 4) is 5.75 Å². The van der Waals surface area contributed by atoms with Crippen LogP contribution in [0.3, 0.4) is 0 Å². The van der Waals surface area contributed by atoms with Crippen molar-refractivity contribution in [3.05, 3.63) is 101 Å². The lowest BCUT2D eigenvalue weighted by molar-refractivity contribution is -0.142. The molecule has 13 heteroatoms. The SMILES string of the molecule is O=C(COc1ccc([C@]2(c3ccc(F)cc3)NC(=O)[C@@H]2SCC(O)c2ccc(F)cc2)cc1)NCC(=O)N[C@H](CCC1CCCCC1)C(=O)O. The van der Waals surface area contributed by atoms with Crippen LogP contribution in [0.2, 0.25) is 0 Å². The number of β-lactam (4-membered cyclic amide) rings is 1. The summed E-state index contributed by atoms with van der Waals surface area (Å²) in [7, 11) is 0. The number of aliphatic hydroxyl groups excluding tert-OH is 1. The lowest BCUT2D eigenvalue weighted by Gasteiger charge is -2.50. The summed E-state index contributed by atoms with van der Waals surface area (Å²) in [5.74, 6) is -2.49. The molecule has 0 aromatic heterocycles. The number of aliphatic carboxylic acids is 1. The Hall–Kier alpha value is -4.49.